The van der Waals surface area contributed by atoms with Gasteiger partial charge >= 0.3 is 0 Å². The summed E-state index contributed by atoms with van der Waals surface area (Å²) in [6.07, 6.45) is 17.7. The van der Waals surface area contributed by atoms with Crippen LogP contribution in [0.4, 0.5) is 45.5 Å². The molecule has 630 valence electrons. The smallest absolute Gasteiger partial charge is 0.0991 e. The number of hydrogen-bond acceptors (Lipinski definition) is 8. The van der Waals surface area contributed by atoms with Gasteiger partial charge in [0.05, 0.1) is 68.7 Å². The van der Waals surface area contributed by atoms with Crippen molar-refractivity contribution in [2.45, 2.75) is 202 Å². The summed E-state index contributed by atoms with van der Waals surface area (Å²) in [5.74, 6) is 0. The van der Waals surface area contributed by atoms with Gasteiger partial charge in [-0.2, -0.15) is 21.0 Å². The van der Waals surface area contributed by atoms with Crippen LogP contribution in [0.3, 0.4) is 0 Å². The minimum atomic E-state index is -0.216. The number of anilines is 8. The van der Waals surface area contributed by atoms with E-state index in [0.717, 1.165) is 125 Å². The highest BCUT2D eigenvalue weighted by atomic mass is 15.3. The van der Waals surface area contributed by atoms with Crippen LogP contribution < -0.4 is 19.6 Å². The van der Waals surface area contributed by atoms with Crippen LogP contribution >= 0.6 is 0 Å². The second-order valence-corrected chi connectivity index (χ2v) is 41.3. The standard InChI is InChI=1S/C122H102N8/c1-115-59-15-19-63-119(115,5)127(85-39-27-75(71-123)28-40-85)101-55-35-81(67-97(101)115)89-47-51-93-109-94(52-48-90(107(89)109)82-36-56-102-98(68-82)116(2)60-16-20-64-120(116,6)128(102)86-41-29-76(72-124)30-42-86)112-106(80-25-13-10-14-26-80)114-96-54-50-92(84-38-58-104-100(70-84)118(4)62-18-22-66-122(118,8)130(104)88-45-33-78(74-126)34-46-88)108-91(49-53-95(110(96)108)113(114)105(111(93)112)79-23-11-9-12-24-79)83-37-57-103-99(69-83)117(3)61-17-21-65-121(117,7)129(103)87-43-31-77(73-125)32-44-87/h9-14,23-58,67-70H,15-22,59-66H2,1-8H3. The van der Waals surface area contributed by atoms with Crippen LogP contribution in [-0.4, -0.2) is 22.2 Å². The van der Waals surface area contributed by atoms with Crippen LogP contribution in [0.2, 0.25) is 0 Å². The summed E-state index contributed by atoms with van der Waals surface area (Å²) in [4.78, 5) is 10.6. The predicted molar refractivity (Wildman–Crippen MR) is 537 cm³/mol. The Kier molecular flexibility index (Phi) is 16.7. The van der Waals surface area contributed by atoms with Crippen molar-refractivity contribution in [1.29, 1.82) is 21.0 Å². The Morgan fingerprint density at radius 3 is 0.662 bits per heavy atom. The molecule has 8 nitrogen and oxygen atoms in total. The Morgan fingerprint density at radius 1 is 0.215 bits per heavy atom. The van der Waals surface area contributed by atoms with Gasteiger partial charge in [-0.3, -0.25) is 0 Å². The lowest BCUT2D eigenvalue weighted by molar-refractivity contribution is 0.195. The first-order valence-corrected chi connectivity index (χ1v) is 47.6. The second kappa shape index (κ2) is 27.8. The van der Waals surface area contributed by atoms with E-state index in [1.165, 1.54) is 176 Å². The van der Waals surface area contributed by atoms with Crippen LogP contribution in [-0.2, 0) is 21.7 Å². The molecule has 0 aromatic heterocycles. The number of fused-ring (bicyclic) bond motifs is 18. The van der Waals surface area contributed by atoms with E-state index in [2.05, 4.69) is 330 Å². The van der Waals surface area contributed by atoms with Crippen molar-refractivity contribution >= 4 is 110 Å². The van der Waals surface area contributed by atoms with E-state index in [-0.39, 0.29) is 43.8 Å². The van der Waals surface area contributed by atoms with E-state index < -0.39 is 0 Å². The molecule has 0 radical (unpaired) electrons. The van der Waals surface area contributed by atoms with Gasteiger partial charge in [0.2, 0.25) is 0 Å². The molecule has 17 aromatic carbocycles. The predicted octanol–water partition coefficient (Wildman–Crippen LogP) is 31.9. The summed E-state index contributed by atoms with van der Waals surface area (Å²) in [5, 5.41) is 55.5. The molecule has 8 heteroatoms. The Hall–Kier alpha value is -14.0. The zero-order chi connectivity index (χ0) is 88.1. The first kappa shape index (κ1) is 78.3. The number of rotatable bonds is 10. The highest BCUT2D eigenvalue weighted by molar-refractivity contribution is 6.48. The molecule has 0 bridgehead atoms. The summed E-state index contributed by atoms with van der Waals surface area (Å²) in [7, 11) is 0. The van der Waals surface area contributed by atoms with Gasteiger partial charge in [-0.15, -0.1) is 0 Å². The van der Waals surface area contributed by atoms with Crippen molar-refractivity contribution in [2.75, 3.05) is 19.6 Å². The molecule has 0 spiro atoms. The van der Waals surface area contributed by atoms with Crippen LogP contribution in [0.25, 0.3) is 131 Å². The topological polar surface area (TPSA) is 108 Å². The Labute approximate surface area is 762 Å². The number of nitriles is 4. The normalized spacial score (nSPS) is 24.6. The van der Waals surface area contributed by atoms with Gasteiger partial charge in [0.1, 0.15) is 0 Å². The van der Waals surface area contributed by atoms with E-state index >= 15 is 0 Å². The molecule has 25 rings (SSSR count). The third kappa shape index (κ3) is 10.2. The third-order valence-corrected chi connectivity index (χ3v) is 35.7. The zero-order valence-corrected chi connectivity index (χ0v) is 75.4. The molecule has 8 atom stereocenters. The van der Waals surface area contributed by atoms with E-state index in [1.54, 1.807) is 0 Å². The van der Waals surface area contributed by atoms with Crippen molar-refractivity contribution < 1.29 is 0 Å². The molecule has 0 saturated heterocycles. The van der Waals surface area contributed by atoms with Gasteiger partial charge in [0, 0.05) is 67.2 Å². The fourth-order valence-corrected chi connectivity index (χ4v) is 28.4. The lowest BCUT2D eigenvalue weighted by Gasteiger charge is -2.50. The average molecular weight is 1680 g/mol. The molecular formula is C122H102N8. The minimum absolute atomic E-state index is 0.184. The third-order valence-electron chi connectivity index (χ3n) is 35.7. The van der Waals surface area contributed by atoms with E-state index in [4.69, 9.17) is 0 Å². The highest BCUT2D eigenvalue weighted by Crippen LogP contribution is 2.69. The molecule has 4 heterocycles. The van der Waals surface area contributed by atoms with E-state index in [9.17, 15) is 21.0 Å². The van der Waals surface area contributed by atoms with Gasteiger partial charge < -0.3 is 19.6 Å². The largest absolute Gasteiger partial charge is 0.334 e. The minimum Gasteiger partial charge on any atom is -0.334 e. The maximum Gasteiger partial charge on any atom is 0.0991 e. The van der Waals surface area contributed by atoms with Crippen molar-refractivity contribution in [3.05, 3.63) is 324 Å². The monoisotopic (exact) mass is 1680 g/mol. The average Bonchev–Trinajstić information content (AvgIpc) is 1.50. The molecule has 8 aliphatic rings. The van der Waals surface area contributed by atoms with Crippen molar-refractivity contribution in [3.8, 4) is 91.0 Å². The summed E-state index contributed by atoms with van der Waals surface area (Å²) >= 11 is 0. The first-order valence-electron chi connectivity index (χ1n) is 47.6. The van der Waals surface area contributed by atoms with Gasteiger partial charge in [-0.1, -0.05) is 213 Å². The fourth-order valence-electron chi connectivity index (χ4n) is 28.4. The number of benzene rings is 15. The van der Waals surface area contributed by atoms with E-state index in [1.807, 2.05) is 48.5 Å². The van der Waals surface area contributed by atoms with Gasteiger partial charge in [-0.05, 0) is 378 Å². The molecule has 8 unspecified atom stereocenters. The number of nitrogens with zero attached hydrogens (tertiary/aromatic N) is 8. The Bertz CT molecular complexity index is 7000. The molecule has 130 heavy (non-hydrogen) atoms. The highest BCUT2D eigenvalue weighted by Gasteiger charge is 2.62. The van der Waals surface area contributed by atoms with Gasteiger partial charge in [-0.25, -0.2) is 0 Å². The second-order valence-electron chi connectivity index (χ2n) is 41.3. The fraction of sp³-hybridized carbons (Fsp3) is 0.262. The van der Waals surface area contributed by atoms with Gasteiger partial charge in [0.25, 0.3) is 0 Å². The van der Waals surface area contributed by atoms with Crippen molar-refractivity contribution in [2.24, 2.45) is 0 Å². The maximum atomic E-state index is 10.1. The molecule has 0 amide bonds. The van der Waals surface area contributed by atoms with Crippen LogP contribution in [0.1, 0.15) is 203 Å². The van der Waals surface area contributed by atoms with Crippen LogP contribution in [0, 0.1) is 45.3 Å². The van der Waals surface area contributed by atoms with Gasteiger partial charge in [0.15, 0.2) is 0 Å². The molecule has 0 N–H and O–H groups in total. The lowest BCUT2D eigenvalue weighted by atomic mass is 9.61. The van der Waals surface area contributed by atoms with Crippen LogP contribution in [0.5, 0.6) is 0 Å². The van der Waals surface area contributed by atoms with Crippen molar-refractivity contribution in [3.63, 3.8) is 0 Å². The maximum absolute atomic E-state index is 10.1. The molecule has 17 aromatic rings. The Balaban J connectivity index is 0.786. The Morgan fingerprint density at radius 2 is 0.438 bits per heavy atom. The summed E-state index contributed by atoms with van der Waals surface area (Å²) in [5.41, 5.74) is 30.7. The summed E-state index contributed by atoms with van der Waals surface area (Å²) in [6.45, 7) is 20.2. The van der Waals surface area contributed by atoms with Crippen LogP contribution in [0.15, 0.2) is 279 Å². The number of hydrogen-bond donors (Lipinski definition) is 0. The molecule has 4 saturated carbocycles. The molecular weight excluding hydrogens is 1580 g/mol. The molecule has 4 aliphatic heterocycles. The molecule has 4 fully saturated rings. The first-order chi connectivity index (χ1) is 63.2. The molecule has 4 aliphatic carbocycles. The SMILES string of the molecule is CC12CCCCC1(C)N(c1ccc(C#N)cc1)c1ccc(-c3ccc4c5c(-c6ccccc6)c6c7ccc(-c8ccc9c(c8)C8(C)CCCCC8(C)N9c8ccc(C#N)cc8)c8c(-c9ccc%10c(c9)C9(C)CCCCC9(C)N%10c9ccc(C#N)cc9)ccc(c6c(-c6ccccc6)c5c5ccc(-c6ccc9c(c6)C6(C)CCCCC6(C)N9c6ccc(C#N)cc6)c3c45)c87)cc12. The zero-order valence-electron chi connectivity index (χ0n) is 75.4. The van der Waals surface area contributed by atoms with E-state index in [0.29, 0.717) is 22.3 Å². The summed E-state index contributed by atoms with van der Waals surface area (Å²) in [6, 6.07) is 116. The quantitative estimate of drug-likeness (QED) is 0.133. The summed E-state index contributed by atoms with van der Waals surface area (Å²) < 4.78 is 0. The lowest BCUT2D eigenvalue weighted by Crippen LogP contribution is -2.54. The van der Waals surface area contributed by atoms with Crippen molar-refractivity contribution in [1.82, 2.24) is 0 Å².